The molecular formula is C13H23NO. The van der Waals surface area contributed by atoms with E-state index in [2.05, 4.69) is 19.2 Å². The fraction of sp³-hybridized carbons (Fsp3) is 1.00. The van der Waals surface area contributed by atoms with Gasteiger partial charge in [0.15, 0.2) is 0 Å². The maximum atomic E-state index is 10.5. The van der Waals surface area contributed by atoms with Crippen molar-refractivity contribution >= 4 is 0 Å². The molecule has 0 spiro atoms. The van der Waals surface area contributed by atoms with Crippen molar-refractivity contribution in [3.05, 3.63) is 0 Å². The molecular weight excluding hydrogens is 186 g/mol. The van der Waals surface area contributed by atoms with Crippen molar-refractivity contribution in [2.75, 3.05) is 0 Å². The zero-order valence-corrected chi connectivity index (χ0v) is 9.92. The van der Waals surface area contributed by atoms with Crippen LogP contribution in [0.2, 0.25) is 0 Å². The van der Waals surface area contributed by atoms with Crippen molar-refractivity contribution in [1.82, 2.24) is 5.32 Å². The van der Waals surface area contributed by atoms with Crippen LogP contribution in [0.3, 0.4) is 0 Å². The topological polar surface area (TPSA) is 32.3 Å². The number of nitrogens with one attached hydrogen (secondary N) is 1. The Morgan fingerprint density at radius 3 is 2.20 bits per heavy atom. The highest BCUT2D eigenvalue weighted by atomic mass is 16.3. The van der Waals surface area contributed by atoms with Crippen LogP contribution in [0.15, 0.2) is 0 Å². The molecule has 4 aliphatic carbocycles. The lowest BCUT2D eigenvalue weighted by atomic mass is 9.51. The van der Waals surface area contributed by atoms with Crippen LogP contribution in [0, 0.1) is 11.8 Å². The zero-order valence-electron chi connectivity index (χ0n) is 9.92. The summed E-state index contributed by atoms with van der Waals surface area (Å²) in [7, 11) is 0. The molecule has 0 radical (unpaired) electrons. The second kappa shape index (κ2) is 2.98. The van der Waals surface area contributed by atoms with Crippen molar-refractivity contribution in [2.45, 2.75) is 69.6 Å². The molecule has 4 aliphatic rings. The molecule has 2 heteroatoms. The van der Waals surface area contributed by atoms with Crippen LogP contribution in [-0.4, -0.2) is 22.3 Å². The average molecular weight is 209 g/mol. The van der Waals surface area contributed by atoms with E-state index in [-0.39, 0.29) is 11.1 Å². The van der Waals surface area contributed by atoms with Crippen LogP contribution in [0.25, 0.3) is 0 Å². The van der Waals surface area contributed by atoms with E-state index in [0.717, 1.165) is 31.1 Å². The maximum absolute atomic E-state index is 10.5. The third-order valence-corrected chi connectivity index (χ3v) is 4.63. The first kappa shape index (κ1) is 10.1. The summed E-state index contributed by atoms with van der Waals surface area (Å²) in [5.74, 6) is 1.59. The molecule has 2 nitrogen and oxygen atoms in total. The first-order valence-corrected chi connectivity index (χ1v) is 6.49. The van der Waals surface area contributed by atoms with Gasteiger partial charge in [-0.1, -0.05) is 13.8 Å². The summed E-state index contributed by atoms with van der Waals surface area (Å²) >= 11 is 0. The molecule has 4 fully saturated rings. The highest BCUT2D eigenvalue weighted by molar-refractivity contribution is 5.12. The van der Waals surface area contributed by atoms with E-state index < -0.39 is 0 Å². The Hall–Kier alpha value is -0.0800. The summed E-state index contributed by atoms with van der Waals surface area (Å²) in [6.07, 6.45) is 7.15. The Morgan fingerprint density at radius 2 is 1.73 bits per heavy atom. The number of hydrogen-bond donors (Lipinski definition) is 2. The van der Waals surface area contributed by atoms with Gasteiger partial charge in [-0.25, -0.2) is 0 Å². The maximum Gasteiger partial charge on any atom is 0.0670 e. The Bertz CT molecular complexity index is 254. The van der Waals surface area contributed by atoms with Gasteiger partial charge in [-0.2, -0.15) is 0 Å². The summed E-state index contributed by atoms with van der Waals surface area (Å²) in [5.41, 5.74) is -0.0288. The number of rotatable bonds is 2. The van der Waals surface area contributed by atoms with E-state index in [4.69, 9.17) is 0 Å². The van der Waals surface area contributed by atoms with Crippen LogP contribution in [0.5, 0.6) is 0 Å². The molecule has 0 aromatic heterocycles. The van der Waals surface area contributed by atoms with Gasteiger partial charge in [0.1, 0.15) is 0 Å². The Morgan fingerprint density at radius 1 is 1.13 bits per heavy atom. The largest absolute Gasteiger partial charge is 0.390 e. The molecule has 2 unspecified atom stereocenters. The molecule has 4 rings (SSSR count). The average Bonchev–Trinajstić information content (AvgIpc) is 1.94. The predicted octanol–water partition coefficient (Wildman–Crippen LogP) is 2.07. The molecule has 0 saturated heterocycles. The molecule has 0 heterocycles. The van der Waals surface area contributed by atoms with Crippen molar-refractivity contribution in [3.8, 4) is 0 Å². The van der Waals surface area contributed by atoms with Gasteiger partial charge in [-0.05, 0) is 50.4 Å². The van der Waals surface area contributed by atoms with Crippen molar-refractivity contribution in [3.63, 3.8) is 0 Å². The van der Waals surface area contributed by atoms with Crippen molar-refractivity contribution in [2.24, 2.45) is 11.8 Å². The number of aliphatic hydroxyl groups is 1. The van der Waals surface area contributed by atoms with Gasteiger partial charge in [0, 0.05) is 11.6 Å². The highest BCUT2D eigenvalue weighted by Crippen LogP contribution is 2.57. The monoisotopic (exact) mass is 209 g/mol. The lowest BCUT2D eigenvalue weighted by Crippen LogP contribution is -2.65. The summed E-state index contributed by atoms with van der Waals surface area (Å²) in [6.45, 7) is 4.45. The fourth-order valence-electron chi connectivity index (χ4n) is 5.00. The van der Waals surface area contributed by atoms with Crippen LogP contribution < -0.4 is 5.32 Å². The van der Waals surface area contributed by atoms with Gasteiger partial charge in [-0.3, -0.25) is 0 Å². The molecule has 0 amide bonds. The first-order chi connectivity index (χ1) is 6.99. The number of hydrogen-bond acceptors (Lipinski definition) is 2. The van der Waals surface area contributed by atoms with Crippen LogP contribution in [-0.2, 0) is 0 Å². The molecule has 0 aromatic rings. The van der Waals surface area contributed by atoms with Gasteiger partial charge in [0.2, 0.25) is 0 Å². The Kier molecular flexibility index (Phi) is 2.01. The third-order valence-electron chi connectivity index (χ3n) is 4.63. The van der Waals surface area contributed by atoms with Gasteiger partial charge in [0.05, 0.1) is 5.60 Å². The molecule has 4 bridgehead atoms. The minimum atomic E-state index is -0.314. The first-order valence-electron chi connectivity index (χ1n) is 6.49. The van der Waals surface area contributed by atoms with E-state index in [0.29, 0.717) is 6.04 Å². The second-order valence-electron chi connectivity index (χ2n) is 6.76. The second-order valence-corrected chi connectivity index (χ2v) is 6.76. The molecule has 4 saturated carbocycles. The molecule has 2 N–H and O–H groups in total. The van der Waals surface area contributed by atoms with E-state index >= 15 is 0 Å². The van der Waals surface area contributed by atoms with Gasteiger partial charge >= 0.3 is 0 Å². The quantitative estimate of drug-likeness (QED) is 0.729. The van der Waals surface area contributed by atoms with E-state index in [9.17, 15) is 5.11 Å². The lowest BCUT2D eigenvalue weighted by Gasteiger charge is -2.61. The van der Waals surface area contributed by atoms with Crippen molar-refractivity contribution in [1.29, 1.82) is 0 Å². The standard InChI is InChI=1S/C13H23NO/c1-9(2)14-12-4-10-3-11(5-12)7-13(15,6-10)8-12/h9-11,14-15H,3-8H2,1-2H3/t10-,11+,12?,13?. The lowest BCUT2D eigenvalue weighted by molar-refractivity contribution is -0.143. The molecule has 86 valence electrons. The van der Waals surface area contributed by atoms with E-state index in [1.165, 1.54) is 19.3 Å². The third kappa shape index (κ3) is 1.62. The minimum absolute atomic E-state index is 0.285. The Balaban J connectivity index is 1.86. The summed E-state index contributed by atoms with van der Waals surface area (Å²) in [4.78, 5) is 0. The minimum Gasteiger partial charge on any atom is -0.390 e. The molecule has 0 aromatic carbocycles. The fourth-order valence-corrected chi connectivity index (χ4v) is 5.00. The van der Waals surface area contributed by atoms with E-state index in [1.807, 2.05) is 0 Å². The van der Waals surface area contributed by atoms with Crippen LogP contribution in [0.4, 0.5) is 0 Å². The predicted molar refractivity (Wildman–Crippen MR) is 60.6 cm³/mol. The van der Waals surface area contributed by atoms with Crippen LogP contribution >= 0.6 is 0 Å². The molecule has 15 heavy (non-hydrogen) atoms. The molecule has 4 atom stereocenters. The zero-order chi connectivity index (χ0) is 10.7. The highest BCUT2D eigenvalue weighted by Gasteiger charge is 2.57. The summed E-state index contributed by atoms with van der Waals surface area (Å²) in [5, 5.41) is 14.3. The van der Waals surface area contributed by atoms with Crippen molar-refractivity contribution < 1.29 is 5.11 Å². The van der Waals surface area contributed by atoms with E-state index in [1.54, 1.807) is 0 Å². The normalized spacial score (nSPS) is 52.8. The summed E-state index contributed by atoms with van der Waals surface area (Å²) < 4.78 is 0. The Labute approximate surface area is 92.4 Å². The summed E-state index contributed by atoms with van der Waals surface area (Å²) in [6, 6.07) is 0.546. The molecule has 0 aliphatic heterocycles. The van der Waals surface area contributed by atoms with Gasteiger partial charge in [-0.15, -0.1) is 0 Å². The smallest absolute Gasteiger partial charge is 0.0670 e. The van der Waals surface area contributed by atoms with Gasteiger partial charge < -0.3 is 10.4 Å². The van der Waals surface area contributed by atoms with Gasteiger partial charge in [0.25, 0.3) is 0 Å². The van der Waals surface area contributed by atoms with Crippen LogP contribution in [0.1, 0.15) is 52.4 Å². The SMILES string of the molecule is CC(C)NC12C[C@@H]3C[C@@H](CC(O)(C3)C1)C2.